The minimum absolute atomic E-state index is 0.877. The third-order valence-electron chi connectivity index (χ3n) is 1.96. The molecule has 2 N–H and O–H groups in total. The number of benzene rings is 1. The Morgan fingerprint density at radius 2 is 2.21 bits per heavy atom. The van der Waals surface area contributed by atoms with Crippen LogP contribution in [0.15, 0.2) is 35.2 Å². The summed E-state index contributed by atoms with van der Waals surface area (Å²) in [6.07, 6.45) is 1.05. The number of hydrogen-bond acceptors (Lipinski definition) is 2. The minimum atomic E-state index is 0.877. The summed E-state index contributed by atoms with van der Waals surface area (Å²) in [5.41, 5.74) is 9.23. The van der Waals surface area contributed by atoms with E-state index in [4.69, 9.17) is 5.73 Å². The van der Waals surface area contributed by atoms with Gasteiger partial charge in [0.25, 0.3) is 0 Å². The first-order valence-electron chi connectivity index (χ1n) is 4.73. The lowest BCUT2D eigenvalue weighted by molar-refractivity contribution is 1.12. The van der Waals surface area contributed by atoms with Gasteiger partial charge in [0.05, 0.1) is 0 Å². The maximum Gasteiger partial charge on any atom is 0.0452 e. The van der Waals surface area contributed by atoms with Gasteiger partial charge in [-0.3, -0.25) is 0 Å². The molecular formula is C12H17NS. The van der Waals surface area contributed by atoms with Crippen molar-refractivity contribution in [3.05, 3.63) is 35.9 Å². The number of thioether (sulfide) groups is 1. The van der Waals surface area contributed by atoms with E-state index in [1.54, 1.807) is 11.8 Å². The molecule has 0 radical (unpaired) electrons. The van der Waals surface area contributed by atoms with E-state index in [0.29, 0.717) is 0 Å². The maximum atomic E-state index is 5.86. The van der Waals surface area contributed by atoms with Crippen LogP contribution in [0.2, 0.25) is 0 Å². The van der Waals surface area contributed by atoms with Gasteiger partial charge in [-0.2, -0.15) is 0 Å². The lowest BCUT2D eigenvalue weighted by Crippen LogP contribution is -1.90. The molecule has 0 aliphatic heterocycles. The summed E-state index contributed by atoms with van der Waals surface area (Å²) >= 11 is 1.80. The van der Waals surface area contributed by atoms with E-state index in [1.165, 1.54) is 16.0 Å². The van der Waals surface area contributed by atoms with Gasteiger partial charge in [-0.25, -0.2) is 0 Å². The molecule has 0 atom stereocenters. The highest BCUT2D eigenvalue weighted by Gasteiger charge is 1.99. The number of aryl methyl sites for hydroxylation is 1. The zero-order valence-corrected chi connectivity index (χ0v) is 9.66. The summed E-state index contributed by atoms with van der Waals surface area (Å²) in [4.78, 5) is 1.19. The zero-order valence-electron chi connectivity index (χ0n) is 8.84. The van der Waals surface area contributed by atoms with Crippen molar-refractivity contribution in [2.45, 2.75) is 25.2 Å². The van der Waals surface area contributed by atoms with Gasteiger partial charge in [0, 0.05) is 16.3 Å². The molecule has 0 spiro atoms. The SMILES string of the molecule is C=C(C)CCSc1cc(C)ccc1N. The van der Waals surface area contributed by atoms with Crippen LogP contribution in [0.5, 0.6) is 0 Å². The van der Waals surface area contributed by atoms with Gasteiger partial charge < -0.3 is 5.73 Å². The standard InChI is InChI=1S/C12H17NS/c1-9(2)6-7-14-12-8-10(3)4-5-11(12)13/h4-5,8H,1,6-7,13H2,2-3H3. The van der Waals surface area contributed by atoms with Crippen LogP contribution >= 0.6 is 11.8 Å². The van der Waals surface area contributed by atoms with E-state index in [1.807, 2.05) is 12.1 Å². The van der Waals surface area contributed by atoms with Gasteiger partial charge in [-0.1, -0.05) is 11.6 Å². The summed E-state index contributed by atoms with van der Waals surface area (Å²) < 4.78 is 0. The minimum Gasteiger partial charge on any atom is -0.398 e. The third-order valence-corrected chi connectivity index (χ3v) is 3.03. The fourth-order valence-electron chi connectivity index (χ4n) is 1.10. The summed E-state index contributed by atoms with van der Waals surface area (Å²) in [7, 11) is 0. The Hall–Kier alpha value is -0.890. The predicted octanol–water partition coefficient (Wildman–Crippen LogP) is 3.64. The molecule has 0 bridgehead atoms. The van der Waals surface area contributed by atoms with Crippen LogP contribution in [0.3, 0.4) is 0 Å². The Bertz CT molecular complexity index is 331. The van der Waals surface area contributed by atoms with Crippen molar-refractivity contribution in [1.82, 2.24) is 0 Å². The molecule has 0 heterocycles. The van der Waals surface area contributed by atoms with E-state index < -0.39 is 0 Å². The van der Waals surface area contributed by atoms with Crippen molar-refractivity contribution in [2.75, 3.05) is 11.5 Å². The number of nitrogens with two attached hydrogens (primary N) is 1. The van der Waals surface area contributed by atoms with Crippen LogP contribution in [0, 0.1) is 6.92 Å². The summed E-state index contributed by atoms with van der Waals surface area (Å²) in [6.45, 7) is 8.02. The van der Waals surface area contributed by atoms with E-state index in [2.05, 4.69) is 26.5 Å². The Morgan fingerprint density at radius 3 is 2.86 bits per heavy atom. The number of rotatable bonds is 4. The molecular weight excluding hydrogens is 190 g/mol. The fraction of sp³-hybridized carbons (Fsp3) is 0.333. The predicted molar refractivity (Wildman–Crippen MR) is 65.7 cm³/mol. The van der Waals surface area contributed by atoms with Gasteiger partial charge in [0.1, 0.15) is 0 Å². The molecule has 14 heavy (non-hydrogen) atoms. The van der Waals surface area contributed by atoms with Crippen molar-refractivity contribution in [3.8, 4) is 0 Å². The molecule has 1 aromatic rings. The van der Waals surface area contributed by atoms with E-state index in [-0.39, 0.29) is 0 Å². The molecule has 0 saturated heterocycles. The first-order chi connectivity index (χ1) is 6.59. The van der Waals surface area contributed by atoms with Gasteiger partial charge >= 0.3 is 0 Å². The quantitative estimate of drug-likeness (QED) is 0.463. The van der Waals surface area contributed by atoms with Crippen LogP contribution in [0.25, 0.3) is 0 Å². The highest BCUT2D eigenvalue weighted by Crippen LogP contribution is 2.26. The normalized spacial score (nSPS) is 10.1. The van der Waals surface area contributed by atoms with Gasteiger partial charge in [0.2, 0.25) is 0 Å². The summed E-state index contributed by atoms with van der Waals surface area (Å²) in [5.74, 6) is 1.06. The third kappa shape index (κ3) is 3.46. The molecule has 2 heteroatoms. The Balaban J connectivity index is 2.57. The Labute approximate surface area is 90.4 Å². The highest BCUT2D eigenvalue weighted by atomic mass is 32.2. The summed E-state index contributed by atoms with van der Waals surface area (Å²) in [5, 5.41) is 0. The van der Waals surface area contributed by atoms with E-state index >= 15 is 0 Å². The Kier molecular flexibility index (Phi) is 4.08. The molecule has 1 nitrogen and oxygen atoms in total. The van der Waals surface area contributed by atoms with Gasteiger partial charge in [0.15, 0.2) is 0 Å². The number of nitrogen functional groups attached to an aromatic ring is 1. The average Bonchev–Trinajstić information content (AvgIpc) is 2.10. The first kappa shape index (κ1) is 11.2. The molecule has 0 aliphatic carbocycles. The van der Waals surface area contributed by atoms with Crippen molar-refractivity contribution in [1.29, 1.82) is 0 Å². The van der Waals surface area contributed by atoms with E-state index in [0.717, 1.165) is 17.9 Å². The van der Waals surface area contributed by atoms with Crippen LogP contribution < -0.4 is 5.73 Å². The van der Waals surface area contributed by atoms with Gasteiger partial charge in [-0.15, -0.1) is 18.3 Å². The van der Waals surface area contributed by atoms with Crippen molar-refractivity contribution in [3.63, 3.8) is 0 Å². The lowest BCUT2D eigenvalue weighted by Gasteiger charge is -2.06. The number of anilines is 1. The first-order valence-corrected chi connectivity index (χ1v) is 5.71. The topological polar surface area (TPSA) is 26.0 Å². The van der Waals surface area contributed by atoms with Gasteiger partial charge in [-0.05, 0) is 38.0 Å². The summed E-state index contributed by atoms with van der Waals surface area (Å²) in [6, 6.07) is 6.15. The molecule has 1 aromatic carbocycles. The van der Waals surface area contributed by atoms with Crippen LogP contribution in [0.4, 0.5) is 5.69 Å². The monoisotopic (exact) mass is 207 g/mol. The molecule has 0 saturated carbocycles. The van der Waals surface area contributed by atoms with Crippen LogP contribution in [0.1, 0.15) is 18.9 Å². The van der Waals surface area contributed by atoms with Crippen molar-refractivity contribution < 1.29 is 0 Å². The Morgan fingerprint density at radius 1 is 1.50 bits per heavy atom. The van der Waals surface area contributed by atoms with Crippen LogP contribution in [-0.4, -0.2) is 5.75 Å². The second kappa shape index (κ2) is 5.11. The molecule has 0 fully saturated rings. The molecule has 76 valence electrons. The second-order valence-corrected chi connectivity index (χ2v) is 4.73. The largest absolute Gasteiger partial charge is 0.398 e. The number of hydrogen-bond donors (Lipinski definition) is 1. The maximum absolute atomic E-state index is 5.86. The molecule has 1 rings (SSSR count). The molecule has 0 aliphatic rings. The molecule has 0 amide bonds. The second-order valence-electron chi connectivity index (χ2n) is 3.60. The lowest BCUT2D eigenvalue weighted by atomic mass is 10.2. The zero-order chi connectivity index (χ0) is 10.6. The van der Waals surface area contributed by atoms with E-state index in [9.17, 15) is 0 Å². The van der Waals surface area contributed by atoms with Crippen LogP contribution in [-0.2, 0) is 0 Å². The number of allylic oxidation sites excluding steroid dienone is 1. The van der Waals surface area contributed by atoms with Crippen molar-refractivity contribution >= 4 is 17.4 Å². The molecule has 0 aromatic heterocycles. The molecule has 0 unspecified atom stereocenters. The smallest absolute Gasteiger partial charge is 0.0452 e. The highest BCUT2D eigenvalue weighted by molar-refractivity contribution is 7.99. The van der Waals surface area contributed by atoms with Crippen molar-refractivity contribution in [2.24, 2.45) is 0 Å². The fourth-order valence-corrected chi connectivity index (χ4v) is 2.28. The average molecular weight is 207 g/mol.